The van der Waals surface area contributed by atoms with E-state index in [1.807, 2.05) is 48.5 Å². The van der Waals surface area contributed by atoms with Crippen LogP contribution in [0.25, 0.3) is 0 Å². The minimum Gasteiger partial charge on any atom is -0.497 e. The van der Waals surface area contributed by atoms with Gasteiger partial charge >= 0.3 is 0 Å². The van der Waals surface area contributed by atoms with Crippen molar-refractivity contribution in [3.63, 3.8) is 0 Å². The largest absolute Gasteiger partial charge is 0.497 e. The number of benzene rings is 2. The number of nitrogens with zero attached hydrogens (tertiary/aromatic N) is 2. The molecule has 4 rings (SSSR count). The van der Waals surface area contributed by atoms with Gasteiger partial charge in [-0.2, -0.15) is 0 Å². The molecule has 0 spiro atoms. The van der Waals surface area contributed by atoms with E-state index in [9.17, 15) is 9.59 Å². The highest BCUT2D eigenvalue weighted by atomic mass is 16.5. The van der Waals surface area contributed by atoms with Crippen molar-refractivity contribution in [1.29, 1.82) is 0 Å². The van der Waals surface area contributed by atoms with Crippen molar-refractivity contribution in [3.8, 4) is 5.75 Å². The molecule has 2 fully saturated rings. The zero-order chi connectivity index (χ0) is 19.5. The molecule has 0 aliphatic carbocycles. The Morgan fingerprint density at radius 3 is 2.29 bits per heavy atom. The molecule has 1 unspecified atom stereocenters. The van der Waals surface area contributed by atoms with E-state index < -0.39 is 0 Å². The second-order valence-corrected chi connectivity index (χ2v) is 7.33. The maximum atomic E-state index is 12.7. The van der Waals surface area contributed by atoms with Gasteiger partial charge < -0.3 is 19.9 Å². The molecule has 0 saturated carbocycles. The van der Waals surface area contributed by atoms with Crippen LogP contribution >= 0.6 is 0 Å². The number of hydrogen-bond donors (Lipinski definition) is 1. The van der Waals surface area contributed by atoms with Gasteiger partial charge in [0, 0.05) is 43.1 Å². The Bertz CT molecular complexity index is 842. The molecule has 2 heterocycles. The molecule has 6 heteroatoms. The molecule has 6 nitrogen and oxygen atoms in total. The van der Waals surface area contributed by atoms with Gasteiger partial charge in [0.05, 0.1) is 13.0 Å². The van der Waals surface area contributed by atoms with E-state index in [0.717, 1.165) is 30.2 Å². The Morgan fingerprint density at radius 2 is 1.64 bits per heavy atom. The lowest BCUT2D eigenvalue weighted by Gasteiger charge is -2.18. The topological polar surface area (TPSA) is 61.9 Å². The van der Waals surface area contributed by atoms with Gasteiger partial charge in [-0.25, -0.2) is 0 Å². The zero-order valence-electron chi connectivity index (χ0n) is 16.1. The van der Waals surface area contributed by atoms with Crippen LogP contribution in [-0.2, 0) is 9.59 Å². The molecule has 0 bridgehead atoms. The number of methoxy groups -OCH3 is 1. The summed E-state index contributed by atoms with van der Waals surface area (Å²) in [4.78, 5) is 29.1. The Labute approximate surface area is 165 Å². The van der Waals surface area contributed by atoms with Crippen LogP contribution in [0, 0.1) is 5.92 Å². The third-order valence-electron chi connectivity index (χ3n) is 5.49. The standard InChI is InChI=1S/C22H25N3O3/c1-28-20-10-8-19(9-11-20)25-15-16(14-21(25)26)22(27)23-17-4-6-18(7-5-17)24-12-2-3-13-24/h4-11,16H,2-3,12-15H2,1H3,(H,23,27). The molecule has 2 aliphatic rings. The number of hydrogen-bond acceptors (Lipinski definition) is 4. The quantitative estimate of drug-likeness (QED) is 0.866. The molecule has 0 radical (unpaired) electrons. The van der Waals surface area contributed by atoms with E-state index in [-0.39, 0.29) is 24.2 Å². The monoisotopic (exact) mass is 379 g/mol. The lowest BCUT2D eigenvalue weighted by molar-refractivity contribution is -0.122. The fourth-order valence-electron chi connectivity index (χ4n) is 3.87. The normalized spacial score (nSPS) is 19.2. The van der Waals surface area contributed by atoms with E-state index in [2.05, 4.69) is 10.2 Å². The Kier molecular flexibility index (Phi) is 5.19. The molecule has 2 saturated heterocycles. The van der Waals surface area contributed by atoms with Crippen LogP contribution in [-0.4, -0.2) is 38.6 Å². The first-order valence-corrected chi connectivity index (χ1v) is 9.74. The van der Waals surface area contributed by atoms with E-state index in [4.69, 9.17) is 4.74 Å². The fourth-order valence-corrected chi connectivity index (χ4v) is 3.87. The van der Waals surface area contributed by atoms with Gasteiger partial charge in [-0.1, -0.05) is 0 Å². The summed E-state index contributed by atoms with van der Waals surface area (Å²) in [7, 11) is 1.61. The lowest BCUT2D eigenvalue weighted by Crippen LogP contribution is -2.28. The predicted octanol–water partition coefficient (Wildman–Crippen LogP) is 3.29. The second kappa shape index (κ2) is 7.92. The molecule has 28 heavy (non-hydrogen) atoms. The van der Waals surface area contributed by atoms with Crippen molar-refractivity contribution >= 4 is 28.9 Å². The van der Waals surface area contributed by atoms with Crippen molar-refractivity contribution in [2.75, 3.05) is 41.9 Å². The van der Waals surface area contributed by atoms with Gasteiger partial charge in [-0.05, 0) is 61.4 Å². The number of amides is 2. The maximum Gasteiger partial charge on any atom is 0.229 e. The summed E-state index contributed by atoms with van der Waals surface area (Å²) in [6.45, 7) is 2.58. The Hall–Kier alpha value is -3.02. The summed E-state index contributed by atoms with van der Waals surface area (Å²) in [5, 5.41) is 2.96. The number of anilines is 3. The van der Waals surface area contributed by atoms with Crippen molar-refractivity contribution in [1.82, 2.24) is 0 Å². The van der Waals surface area contributed by atoms with Crippen LogP contribution in [0.4, 0.5) is 17.1 Å². The van der Waals surface area contributed by atoms with Crippen molar-refractivity contribution < 1.29 is 14.3 Å². The van der Waals surface area contributed by atoms with Gasteiger partial charge in [0.1, 0.15) is 5.75 Å². The van der Waals surface area contributed by atoms with E-state index in [1.54, 1.807) is 12.0 Å². The molecule has 0 aromatic heterocycles. The molecular weight excluding hydrogens is 354 g/mol. The molecule has 146 valence electrons. The number of rotatable bonds is 5. The predicted molar refractivity (Wildman–Crippen MR) is 110 cm³/mol. The second-order valence-electron chi connectivity index (χ2n) is 7.33. The molecule has 2 aromatic rings. The van der Waals surface area contributed by atoms with Crippen molar-refractivity contribution in [2.24, 2.45) is 5.92 Å². The highest BCUT2D eigenvalue weighted by Crippen LogP contribution is 2.28. The summed E-state index contributed by atoms with van der Waals surface area (Å²) in [6, 6.07) is 15.3. The first kappa shape index (κ1) is 18.3. The molecule has 1 atom stereocenters. The minimum absolute atomic E-state index is 0.0327. The van der Waals surface area contributed by atoms with E-state index in [0.29, 0.717) is 6.54 Å². The SMILES string of the molecule is COc1ccc(N2CC(C(=O)Nc3ccc(N4CCCC4)cc3)CC2=O)cc1. The average Bonchev–Trinajstić information content (AvgIpc) is 3.39. The first-order chi connectivity index (χ1) is 13.6. The Morgan fingerprint density at radius 1 is 1.00 bits per heavy atom. The van der Waals surface area contributed by atoms with Crippen molar-refractivity contribution in [2.45, 2.75) is 19.3 Å². The molecular formula is C22H25N3O3. The van der Waals surface area contributed by atoms with Crippen LogP contribution in [0.5, 0.6) is 5.75 Å². The van der Waals surface area contributed by atoms with Crippen LogP contribution < -0.4 is 19.9 Å². The highest BCUT2D eigenvalue weighted by molar-refractivity contribution is 6.03. The maximum absolute atomic E-state index is 12.7. The molecule has 2 aromatic carbocycles. The molecule has 2 amide bonds. The number of carbonyl (C=O) groups is 2. The highest BCUT2D eigenvalue weighted by Gasteiger charge is 2.35. The third kappa shape index (κ3) is 3.81. The molecule has 1 N–H and O–H groups in total. The lowest BCUT2D eigenvalue weighted by atomic mass is 10.1. The fraction of sp³-hybridized carbons (Fsp3) is 0.364. The zero-order valence-corrected chi connectivity index (χ0v) is 16.1. The third-order valence-corrected chi connectivity index (χ3v) is 5.49. The van der Waals surface area contributed by atoms with Gasteiger partial charge in [0.2, 0.25) is 11.8 Å². The Balaban J connectivity index is 1.37. The number of carbonyl (C=O) groups excluding carboxylic acids is 2. The molecule has 2 aliphatic heterocycles. The first-order valence-electron chi connectivity index (χ1n) is 9.74. The van der Waals surface area contributed by atoms with Crippen LogP contribution in [0.15, 0.2) is 48.5 Å². The van der Waals surface area contributed by atoms with E-state index >= 15 is 0 Å². The van der Waals surface area contributed by atoms with Crippen LogP contribution in [0.3, 0.4) is 0 Å². The average molecular weight is 379 g/mol. The van der Waals surface area contributed by atoms with Gasteiger partial charge in [-0.15, -0.1) is 0 Å². The summed E-state index contributed by atoms with van der Waals surface area (Å²) in [6.07, 6.45) is 2.70. The van der Waals surface area contributed by atoms with Crippen molar-refractivity contribution in [3.05, 3.63) is 48.5 Å². The summed E-state index contributed by atoms with van der Waals surface area (Å²) in [5.74, 6) is 0.239. The van der Waals surface area contributed by atoms with Crippen LogP contribution in [0.1, 0.15) is 19.3 Å². The summed E-state index contributed by atoms with van der Waals surface area (Å²) in [5.41, 5.74) is 2.75. The van der Waals surface area contributed by atoms with Gasteiger partial charge in [-0.3, -0.25) is 9.59 Å². The summed E-state index contributed by atoms with van der Waals surface area (Å²) >= 11 is 0. The van der Waals surface area contributed by atoms with Gasteiger partial charge in [0.15, 0.2) is 0 Å². The van der Waals surface area contributed by atoms with E-state index in [1.165, 1.54) is 18.5 Å². The van der Waals surface area contributed by atoms with Gasteiger partial charge in [0.25, 0.3) is 0 Å². The smallest absolute Gasteiger partial charge is 0.229 e. The summed E-state index contributed by atoms with van der Waals surface area (Å²) < 4.78 is 5.15. The number of ether oxygens (including phenoxy) is 1. The van der Waals surface area contributed by atoms with Crippen LogP contribution in [0.2, 0.25) is 0 Å². The number of nitrogens with one attached hydrogen (secondary N) is 1. The minimum atomic E-state index is -0.354.